The molecule has 2 aromatic carbocycles. The molecule has 1 aliphatic heterocycles. The lowest BCUT2D eigenvalue weighted by Gasteiger charge is -2.18. The number of nitrogen functional groups attached to an aromatic ring is 1. The number of hydrogen-bond acceptors (Lipinski definition) is 5. The van der Waals surface area contributed by atoms with Gasteiger partial charge in [0.05, 0.1) is 11.8 Å². The topological polar surface area (TPSA) is 106 Å². The Kier molecular flexibility index (Phi) is 6.38. The maximum absolute atomic E-state index is 13.1. The first-order valence-corrected chi connectivity index (χ1v) is 12.2. The molecule has 8 nitrogen and oxygen atoms in total. The summed E-state index contributed by atoms with van der Waals surface area (Å²) in [7, 11) is 0. The van der Waals surface area contributed by atoms with E-state index in [1.165, 1.54) is 18.2 Å². The average molecular weight is 526 g/mol. The molecule has 2 aromatic heterocycles. The van der Waals surface area contributed by atoms with Gasteiger partial charge in [-0.3, -0.25) is 9.59 Å². The maximum Gasteiger partial charge on any atom is 0.573 e. The van der Waals surface area contributed by atoms with Gasteiger partial charge < -0.3 is 19.9 Å². The van der Waals surface area contributed by atoms with Gasteiger partial charge in [0.25, 0.3) is 5.56 Å². The van der Waals surface area contributed by atoms with Crippen molar-refractivity contribution in [3.8, 4) is 16.9 Å². The fourth-order valence-corrected chi connectivity index (χ4v) is 4.99. The molecule has 0 saturated heterocycles. The maximum atomic E-state index is 13.1. The van der Waals surface area contributed by atoms with Crippen molar-refractivity contribution in [3.05, 3.63) is 70.1 Å². The summed E-state index contributed by atoms with van der Waals surface area (Å²) < 4.78 is 43.5. The van der Waals surface area contributed by atoms with E-state index < -0.39 is 6.36 Å². The molecular formula is C27H26F3N5O3. The summed E-state index contributed by atoms with van der Waals surface area (Å²) >= 11 is 0. The third-order valence-electron chi connectivity index (χ3n) is 6.46. The Labute approximate surface area is 215 Å². The van der Waals surface area contributed by atoms with E-state index in [0.717, 1.165) is 22.4 Å². The number of nitrogens with two attached hydrogens (primary N) is 1. The van der Waals surface area contributed by atoms with Crippen LogP contribution in [0.25, 0.3) is 22.0 Å². The Morgan fingerprint density at radius 1 is 1.21 bits per heavy atom. The fraction of sp³-hybridized carbons (Fsp3) is 0.296. The normalized spacial score (nSPS) is 13.4. The summed E-state index contributed by atoms with van der Waals surface area (Å²) in [4.78, 5) is 27.3. The molecule has 0 bridgehead atoms. The Morgan fingerprint density at radius 3 is 2.74 bits per heavy atom. The smallest absolute Gasteiger partial charge is 0.406 e. The van der Waals surface area contributed by atoms with E-state index in [0.29, 0.717) is 41.9 Å². The van der Waals surface area contributed by atoms with Gasteiger partial charge in [-0.05, 0) is 53.3 Å². The van der Waals surface area contributed by atoms with Crippen LogP contribution in [0.5, 0.6) is 5.75 Å². The number of fused-ring (bicyclic) bond motifs is 2. The Balaban J connectivity index is 1.43. The third-order valence-corrected chi connectivity index (χ3v) is 6.46. The highest BCUT2D eigenvalue weighted by Crippen LogP contribution is 2.37. The van der Waals surface area contributed by atoms with Crippen LogP contribution >= 0.6 is 0 Å². The number of rotatable bonds is 6. The number of benzene rings is 2. The van der Waals surface area contributed by atoms with Crippen molar-refractivity contribution in [1.82, 2.24) is 14.8 Å². The summed E-state index contributed by atoms with van der Waals surface area (Å²) in [5, 5.41) is 7.00. The highest BCUT2D eigenvalue weighted by molar-refractivity contribution is 6.03. The van der Waals surface area contributed by atoms with Crippen LogP contribution < -0.4 is 20.9 Å². The van der Waals surface area contributed by atoms with Gasteiger partial charge >= 0.3 is 6.36 Å². The molecule has 0 spiro atoms. The Morgan fingerprint density at radius 2 is 2.00 bits per heavy atom. The van der Waals surface area contributed by atoms with Crippen molar-refractivity contribution in [1.29, 1.82) is 0 Å². The SMILES string of the molecule is CC(C)Cn1cc(-c2ccc3c(c2)CCN3C(=O)Cc2cccc(OC(F)(F)F)c2)c2c(N)n[nH]c(=O)c21. The van der Waals surface area contributed by atoms with Crippen LogP contribution in [0.1, 0.15) is 25.0 Å². The number of carbonyl (C=O) groups is 1. The predicted octanol–water partition coefficient (Wildman–Crippen LogP) is 4.66. The van der Waals surface area contributed by atoms with Crippen molar-refractivity contribution in [3.63, 3.8) is 0 Å². The molecule has 0 atom stereocenters. The number of nitrogens with zero attached hydrogens (tertiary/aromatic N) is 3. The van der Waals surface area contributed by atoms with Crippen LogP contribution in [0.15, 0.2) is 53.5 Å². The molecule has 0 radical (unpaired) electrons. The van der Waals surface area contributed by atoms with E-state index in [1.54, 1.807) is 11.0 Å². The quantitative estimate of drug-likeness (QED) is 0.381. The molecule has 3 N–H and O–H groups in total. The number of hydrogen-bond donors (Lipinski definition) is 2. The highest BCUT2D eigenvalue weighted by atomic mass is 19.4. The van der Waals surface area contributed by atoms with Crippen molar-refractivity contribution in [2.45, 2.75) is 39.6 Å². The number of carbonyl (C=O) groups excluding carboxylic acids is 1. The molecule has 0 aliphatic carbocycles. The zero-order valence-electron chi connectivity index (χ0n) is 20.8. The second kappa shape index (κ2) is 9.55. The van der Waals surface area contributed by atoms with E-state index >= 15 is 0 Å². The number of anilines is 2. The molecule has 1 amide bonds. The summed E-state index contributed by atoms with van der Waals surface area (Å²) in [6, 6.07) is 11.1. The molecule has 0 unspecified atom stereocenters. The molecule has 11 heteroatoms. The highest BCUT2D eigenvalue weighted by Gasteiger charge is 2.31. The molecule has 4 aromatic rings. The number of nitrogens with one attached hydrogen (secondary N) is 1. The Hall–Kier alpha value is -4.28. The molecule has 198 valence electrons. The number of alkyl halides is 3. The molecule has 0 fully saturated rings. The molecule has 0 saturated carbocycles. The zero-order valence-corrected chi connectivity index (χ0v) is 20.8. The minimum absolute atomic E-state index is 0.0656. The third kappa shape index (κ3) is 4.96. The summed E-state index contributed by atoms with van der Waals surface area (Å²) in [6.45, 7) is 5.20. The van der Waals surface area contributed by atoms with E-state index in [4.69, 9.17) is 5.73 Å². The van der Waals surface area contributed by atoms with Crippen LogP contribution in [0.2, 0.25) is 0 Å². The zero-order chi connectivity index (χ0) is 27.2. The predicted molar refractivity (Wildman–Crippen MR) is 138 cm³/mol. The van der Waals surface area contributed by atoms with Gasteiger partial charge in [0, 0.05) is 30.5 Å². The monoisotopic (exact) mass is 525 g/mol. The van der Waals surface area contributed by atoms with E-state index in [2.05, 4.69) is 28.8 Å². The number of aromatic amines is 1. The minimum atomic E-state index is -4.80. The van der Waals surface area contributed by atoms with Gasteiger partial charge in [-0.1, -0.05) is 32.0 Å². The van der Waals surface area contributed by atoms with Crippen molar-refractivity contribution >= 4 is 28.3 Å². The molecule has 38 heavy (non-hydrogen) atoms. The molecule has 3 heterocycles. The van der Waals surface area contributed by atoms with Crippen molar-refractivity contribution in [2.24, 2.45) is 5.92 Å². The summed E-state index contributed by atoms with van der Waals surface area (Å²) in [6.07, 6.45) is -2.34. The van der Waals surface area contributed by atoms with Crippen LogP contribution in [0, 0.1) is 5.92 Å². The van der Waals surface area contributed by atoms with Crippen LogP contribution in [-0.2, 0) is 24.2 Å². The number of aromatic nitrogens is 3. The second-order valence-electron chi connectivity index (χ2n) is 9.76. The van der Waals surface area contributed by atoms with Gasteiger partial charge in [-0.25, -0.2) is 5.10 Å². The number of ether oxygens (including phenoxy) is 1. The number of amides is 1. The van der Waals surface area contributed by atoms with Gasteiger partial charge in [-0.2, -0.15) is 5.10 Å². The van der Waals surface area contributed by atoms with Gasteiger partial charge in [-0.15, -0.1) is 13.2 Å². The first-order valence-electron chi connectivity index (χ1n) is 12.2. The lowest BCUT2D eigenvalue weighted by molar-refractivity contribution is -0.274. The van der Waals surface area contributed by atoms with Crippen LogP contribution in [-0.4, -0.2) is 33.6 Å². The van der Waals surface area contributed by atoms with Crippen molar-refractivity contribution in [2.75, 3.05) is 17.2 Å². The number of halogens is 3. The standard InChI is InChI=1S/C27H26F3N5O3/c1-15(2)13-34-14-20(23-24(34)26(37)33-32-25(23)31)17-6-7-21-18(12-17)8-9-35(21)22(36)11-16-4-3-5-19(10-16)38-27(28,29)30/h3-7,10,12,14-15H,8-9,11,13H2,1-2H3,(H2,31,32)(H,33,37). The van der Waals surface area contributed by atoms with Gasteiger partial charge in [0.1, 0.15) is 11.3 Å². The van der Waals surface area contributed by atoms with Crippen LogP contribution in [0.4, 0.5) is 24.7 Å². The van der Waals surface area contributed by atoms with Gasteiger partial charge in [0.2, 0.25) is 5.91 Å². The molecular weight excluding hydrogens is 499 g/mol. The lowest BCUT2D eigenvalue weighted by Crippen LogP contribution is -2.30. The van der Waals surface area contributed by atoms with E-state index in [9.17, 15) is 22.8 Å². The summed E-state index contributed by atoms with van der Waals surface area (Å²) in [5.41, 5.74) is 10.1. The minimum Gasteiger partial charge on any atom is -0.406 e. The molecule has 1 aliphatic rings. The first-order chi connectivity index (χ1) is 18.0. The fourth-order valence-electron chi connectivity index (χ4n) is 4.99. The van der Waals surface area contributed by atoms with Crippen molar-refractivity contribution < 1.29 is 22.7 Å². The largest absolute Gasteiger partial charge is 0.573 e. The number of H-pyrrole nitrogens is 1. The van der Waals surface area contributed by atoms with E-state index in [-0.39, 0.29) is 29.5 Å². The summed E-state index contributed by atoms with van der Waals surface area (Å²) in [5.74, 6) is -0.0636. The lowest BCUT2D eigenvalue weighted by atomic mass is 10.0. The van der Waals surface area contributed by atoms with Gasteiger partial charge in [0.15, 0.2) is 5.82 Å². The Bertz CT molecular complexity index is 1590. The van der Waals surface area contributed by atoms with Crippen LogP contribution in [0.3, 0.4) is 0 Å². The molecule has 5 rings (SSSR count). The average Bonchev–Trinajstić information content (AvgIpc) is 3.42. The first kappa shape index (κ1) is 25.4. The van der Waals surface area contributed by atoms with E-state index in [1.807, 2.05) is 29.0 Å². The second-order valence-corrected chi connectivity index (χ2v) is 9.76.